The molecule has 1 heterocycles. The van der Waals surface area contributed by atoms with Crippen LogP contribution in [0.15, 0.2) is 29.1 Å². The molecule has 1 aromatic carbocycles. The van der Waals surface area contributed by atoms with Crippen molar-refractivity contribution in [1.29, 1.82) is 0 Å². The summed E-state index contributed by atoms with van der Waals surface area (Å²) in [5, 5.41) is 22.6. The second kappa shape index (κ2) is 6.89. The largest absolute Gasteiger partial charge is 0.394 e. The second-order valence-electron chi connectivity index (χ2n) is 7.90. The van der Waals surface area contributed by atoms with Crippen LogP contribution in [0.1, 0.15) is 46.0 Å². The molecular formula is C19H27N3O4. The highest BCUT2D eigenvalue weighted by Gasteiger charge is 2.36. The lowest BCUT2D eigenvalue weighted by Gasteiger charge is -2.27. The minimum absolute atomic E-state index is 0.134. The molecule has 1 aliphatic carbocycles. The molecule has 142 valence electrons. The molecule has 0 spiro atoms. The summed E-state index contributed by atoms with van der Waals surface area (Å²) in [6.45, 7) is 3.56. The predicted octanol–water partition coefficient (Wildman–Crippen LogP) is 1.83. The van der Waals surface area contributed by atoms with Crippen molar-refractivity contribution < 1.29 is 15.0 Å². The van der Waals surface area contributed by atoms with Crippen LogP contribution in [0.2, 0.25) is 0 Å². The molecule has 0 saturated heterocycles. The quantitative estimate of drug-likeness (QED) is 0.757. The maximum Gasteiger partial charge on any atom is 0.337 e. The fourth-order valence-electron chi connectivity index (χ4n) is 3.66. The number of nitrogens with zero attached hydrogens (tertiary/aromatic N) is 2. The van der Waals surface area contributed by atoms with Crippen LogP contribution in [0.3, 0.4) is 0 Å². The fraction of sp³-hybridized carbons (Fsp3) is 0.579. The van der Waals surface area contributed by atoms with E-state index in [1.807, 2.05) is 6.07 Å². The van der Waals surface area contributed by atoms with Crippen molar-refractivity contribution in [3.8, 4) is 0 Å². The number of para-hydroxylation sites is 2. The van der Waals surface area contributed by atoms with Crippen LogP contribution in [0.4, 0.5) is 4.79 Å². The van der Waals surface area contributed by atoms with Crippen LogP contribution in [0.25, 0.3) is 11.0 Å². The summed E-state index contributed by atoms with van der Waals surface area (Å²) in [5.41, 5.74) is -0.806. The van der Waals surface area contributed by atoms with Gasteiger partial charge in [0.05, 0.1) is 28.8 Å². The van der Waals surface area contributed by atoms with E-state index in [0.717, 1.165) is 17.4 Å². The lowest BCUT2D eigenvalue weighted by molar-refractivity contribution is 0.0662. The van der Waals surface area contributed by atoms with E-state index in [4.69, 9.17) is 0 Å². The number of aromatic nitrogens is 2. The normalized spacial score (nSPS) is 16.9. The topological polar surface area (TPSA) is 96.5 Å². The Labute approximate surface area is 152 Å². The maximum absolute atomic E-state index is 12.9. The minimum Gasteiger partial charge on any atom is -0.394 e. The van der Waals surface area contributed by atoms with Crippen molar-refractivity contribution in [3.05, 3.63) is 34.7 Å². The smallest absolute Gasteiger partial charge is 0.337 e. The molecule has 3 N–H and O–H groups in total. The summed E-state index contributed by atoms with van der Waals surface area (Å²) < 4.78 is 2.66. The molecule has 1 aromatic heterocycles. The van der Waals surface area contributed by atoms with Crippen LogP contribution in [0, 0.1) is 0 Å². The Kier molecular flexibility index (Phi) is 4.94. The highest BCUT2D eigenvalue weighted by molar-refractivity contribution is 5.89. The molecule has 0 radical (unpaired) electrons. The number of nitrogens with one attached hydrogen (secondary N) is 1. The number of aryl methyl sites for hydroxylation is 1. The Morgan fingerprint density at radius 1 is 1.23 bits per heavy atom. The molecule has 7 nitrogen and oxygen atoms in total. The van der Waals surface area contributed by atoms with E-state index in [1.165, 1.54) is 4.57 Å². The molecule has 1 aliphatic rings. The predicted molar refractivity (Wildman–Crippen MR) is 99.3 cm³/mol. The minimum atomic E-state index is -0.907. The van der Waals surface area contributed by atoms with Crippen molar-refractivity contribution >= 4 is 17.1 Å². The number of carbonyl (C=O) groups is 1. The average molecular weight is 361 g/mol. The van der Waals surface area contributed by atoms with Crippen LogP contribution < -0.4 is 11.0 Å². The van der Waals surface area contributed by atoms with Gasteiger partial charge in [-0.15, -0.1) is 0 Å². The van der Waals surface area contributed by atoms with Crippen molar-refractivity contribution in [1.82, 2.24) is 14.5 Å². The standard InChI is InChI=1S/C19H27N3O4/c1-18(2,26)11-12-21-14-7-3-4-8-15(14)22(17(21)25)16(24)20-19(13-23)9-5-6-10-19/h3-4,7-8,23,26H,5-6,9-13H2,1-2H3,(H,20,24). The molecule has 1 saturated carbocycles. The summed E-state index contributed by atoms with van der Waals surface area (Å²) in [7, 11) is 0. The fourth-order valence-corrected chi connectivity index (χ4v) is 3.66. The number of hydrogen-bond acceptors (Lipinski definition) is 4. The Bertz CT molecular complexity index is 854. The molecule has 1 fully saturated rings. The van der Waals surface area contributed by atoms with Gasteiger partial charge in [0.15, 0.2) is 0 Å². The van der Waals surface area contributed by atoms with Gasteiger partial charge < -0.3 is 15.5 Å². The summed E-state index contributed by atoms with van der Waals surface area (Å²) in [4.78, 5) is 25.8. The third-order valence-corrected chi connectivity index (χ3v) is 5.22. The Morgan fingerprint density at radius 3 is 2.42 bits per heavy atom. The SMILES string of the molecule is CC(C)(O)CCn1c(=O)n(C(=O)NC2(CO)CCCC2)c2ccccc21. The van der Waals surface area contributed by atoms with E-state index < -0.39 is 22.9 Å². The van der Waals surface area contributed by atoms with Gasteiger partial charge >= 0.3 is 11.7 Å². The summed E-state index contributed by atoms with van der Waals surface area (Å²) in [6, 6.07) is 6.61. The Balaban J connectivity index is 1.99. The number of hydrogen-bond donors (Lipinski definition) is 3. The number of amides is 1. The van der Waals surface area contributed by atoms with Gasteiger partial charge in [-0.1, -0.05) is 25.0 Å². The number of aliphatic hydroxyl groups excluding tert-OH is 1. The van der Waals surface area contributed by atoms with Crippen molar-refractivity contribution in [3.63, 3.8) is 0 Å². The van der Waals surface area contributed by atoms with Crippen LogP contribution in [0.5, 0.6) is 0 Å². The van der Waals surface area contributed by atoms with E-state index in [9.17, 15) is 19.8 Å². The Morgan fingerprint density at radius 2 is 1.85 bits per heavy atom. The van der Waals surface area contributed by atoms with E-state index in [1.54, 1.807) is 32.0 Å². The molecule has 0 bridgehead atoms. The zero-order valence-corrected chi connectivity index (χ0v) is 15.4. The molecule has 0 unspecified atom stereocenters. The molecule has 7 heteroatoms. The van der Waals surface area contributed by atoms with Gasteiger partial charge in [0.1, 0.15) is 0 Å². The molecule has 1 amide bonds. The van der Waals surface area contributed by atoms with Crippen LogP contribution in [-0.2, 0) is 6.54 Å². The van der Waals surface area contributed by atoms with Gasteiger partial charge in [-0.25, -0.2) is 14.2 Å². The second-order valence-corrected chi connectivity index (χ2v) is 7.90. The molecule has 2 aromatic rings. The van der Waals surface area contributed by atoms with Crippen molar-refractivity contribution in [2.75, 3.05) is 6.61 Å². The number of imidazole rings is 1. The monoisotopic (exact) mass is 361 g/mol. The lowest BCUT2D eigenvalue weighted by Crippen LogP contribution is -2.52. The summed E-state index contributed by atoms with van der Waals surface area (Å²) >= 11 is 0. The summed E-state index contributed by atoms with van der Waals surface area (Å²) in [5.74, 6) is 0. The van der Waals surface area contributed by atoms with Gasteiger partial charge in [0, 0.05) is 6.54 Å². The molecule has 0 atom stereocenters. The van der Waals surface area contributed by atoms with Gasteiger partial charge in [0.25, 0.3) is 0 Å². The summed E-state index contributed by atoms with van der Waals surface area (Å²) in [6.07, 6.45) is 3.71. The number of carbonyl (C=O) groups excluding carboxylic acids is 1. The van der Waals surface area contributed by atoms with Gasteiger partial charge in [-0.3, -0.25) is 4.57 Å². The first-order valence-electron chi connectivity index (χ1n) is 9.12. The number of benzene rings is 1. The zero-order valence-electron chi connectivity index (χ0n) is 15.4. The molecule has 26 heavy (non-hydrogen) atoms. The van der Waals surface area contributed by atoms with Gasteiger partial charge in [-0.05, 0) is 45.2 Å². The van der Waals surface area contributed by atoms with Crippen molar-refractivity contribution in [2.45, 2.75) is 63.6 Å². The van der Waals surface area contributed by atoms with Gasteiger partial charge in [0.2, 0.25) is 0 Å². The number of rotatable bonds is 5. The van der Waals surface area contributed by atoms with Gasteiger partial charge in [-0.2, -0.15) is 0 Å². The molecule has 0 aliphatic heterocycles. The maximum atomic E-state index is 12.9. The molecule has 3 rings (SSSR count). The zero-order chi connectivity index (χ0) is 18.9. The first-order chi connectivity index (χ1) is 12.3. The third-order valence-electron chi connectivity index (χ3n) is 5.22. The number of fused-ring (bicyclic) bond motifs is 1. The highest BCUT2D eigenvalue weighted by atomic mass is 16.3. The van der Waals surface area contributed by atoms with Crippen LogP contribution >= 0.6 is 0 Å². The average Bonchev–Trinajstić information content (AvgIpc) is 3.15. The van der Waals surface area contributed by atoms with Crippen LogP contribution in [-0.4, -0.2) is 43.1 Å². The van der Waals surface area contributed by atoms with E-state index in [2.05, 4.69) is 5.32 Å². The number of aliphatic hydroxyl groups is 2. The highest BCUT2D eigenvalue weighted by Crippen LogP contribution is 2.29. The molecular weight excluding hydrogens is 334 g/mol. The van der Waals surface area contributed by atoms with E-state index in [0.29, 0.717) is 36.8 Å². The van der Waals surface area contributed by atoms with E-state index >= 15 is 0 Å². The first kappa shape index (κ1) is 18.7. The first-order valence-corrected chi connectivity index (χ1v) is 9.12. The van der Waals surface area contributed by atoms with Crippen molar-refractivity contribution in [2.24, 2.45) is 0 Å². The Hall–Kier alpha value is -2.12. The van der Waals surface area contributed by atoms with E-state index in [-0.39, 0.29) is 6.61 Å². The lowest BCUT2D eigenvalue weighted by atomic mass is 9.99. The third kappa shape index (κ3) is 3.54.